The average molecular weight is 285 g/mol. The summed E-state index contributed by atoms with van der Waals surface area (Å²) in [7, 11) is 0. The van der Waals surface area contributed by atoms with Crippen molar-refractivity contribution in [3.63, 3.8) is 0 Å². The lowest BCUT2D eigenvalue weighted by molar-refractivity contribution is 0.613. The highest BCUT2D eigenvalue weighted by atomic mass is 79.9. The first-order valence-electron chi connectivity index (χ1n) is 6.03. The predicted molar refractivity (Wildman–Crippen MR) is 73.9 cm³/mol. The number of hydrogen-bond donors (Lipinski definition) is 1. The molecule has 0 aromatic carbocycles. The number of anilines is 1. The molecule has 0 fully saturated rings. The molecule has 0 aliphatic heterocycles. The second kappa shape index (κ2) is 6.89. The third kappa shape index (κ3) is 4.52. The molecule has 0 radical (unpaired) electrons. The molecule has 0 saturated heterocycles. The molecule has 0 bridgehead atoms. The molecule has 2 nitrogen and oxygen atoms in total. The van der Waals surface area contributed by atoms with E-state index in [0.717, 1.165) is 16.0 Å². The summed E-state index contributed by atoms with van der Waals surface area (Å²) in [4.78, 5) is 4.48. The normalized spacial score (nSPS) is 12.5. The van der Waals surface area contributed by atoms with Crippen molar-refractivity contribution in [1.82, 2.24) is 4.98 Å². The summed E-state index contributed by atoms with van der Waals surface area (Å²) in [6.07, 6.45) is 5.10. The van der Waals surface area contributed by atoms with Gasteiger partial charge in [0.05, 0.1) is 5.69 Å². The van der Waals surface area contributed by atoms with Gasteiger partial charge in [0.15, 0.2) is 0 Å². The van der Waals surface area contributed by atoms with Gasteiger partial charge in [0.25, 0.3) is 0 Å². The minimum atomic E-state index is 0.500. The van der Waals surface area contributed by atoms with Crippen molar-refractivity contribution in [3.05, 3.63) is 22.3 Å². The maximum absolute atomic E-state index is 4.48. The first kappa shape index (κ1) is 13.5. The lowest BCUT2D eigenvalue weighted by Crippen LogP contribution is -2.16. The van der Waals surface area contributed by atoms with Gasteiger partial charge >= 0.3 is 0 Å². The van der Waals surface area contributed by atoms with Gasteiger partial charge in [-0.3, -0.25) is 0 Å². The first-order valence-corrected chi connectivity index (χ1v) is 6.82. The molecule has 1 aromatic rings. The smallest absolute Gasteiger partial charge is 0.126 e. The van der Waals surface area contributed by atoms with Crippen molar-refractivity contribution in [1.29, 1.82) is 0 Å². The number of unbranched alkanes of at least 4 members (excludes halogenated alkanes) is 2. The van der Waals surface area contributed by atoms with Gasteiger partial charge in [0.2, 0.25) is 0 Å². The zero-order valence-electron chi connectivity index (χ0n) is 10.4. The number of pyridine rings is 1. The van der Waals surface area contributed by atoms with Gasteiger partial charge in [-0.1, -0.05) is 26.2 Å². The molecule has 0 amide bonds. The summed E-state index contributed by atoms with van der Waals surface area (Å²) >= 11 is 3.46. The maximum atomic E-state index is 4.48. The van der Waals surface area contributed by atoms with Crippen molar-refractivity contribution >= 4 is 21.7 Å². The van der Waals surface area contributed by atoms with E-state index < -0.39 is 0 Å². The van der Waals surface area contributed by atoms with Gasteiger partial charge in [-0.05, 0) is 48.3 Å². The van der Waals surface area contributed by atoms with Crippen LogP contribution in [0.15, 0.2) is 16.6 Å². The van der Waals surface area contributed by atoms with Crippen molar-refractivity contribution in [2.45, 2.75) is 52.5 Å². The van der Waals surface area contributed by atoms with E-state index in [2.05, 4.69) is 40.1 Å². The van der Waals surface area contributed by atoms with Crippen LogP contribution in [0.3, 0.4) is 0 Å². The predicted octanol–water partition coefficient (Wildman–Crippen LogP) is 4.53. The number of hydrogen-bond acceptors (Lipinski definition) is 2. The molecule has 1 aromatic heterocycles. The maximum Gasteiger partial charge on any atom is 0.126 e. The van der Waals surface area contributed by atoms with Crippen LogP contribution in [-0.4, -0.2) is 11.0 Å². The van der Waals surface area contributed by atoms with E-state index in [-0.39, 0.29) is 0 Å². The standard InChI is InChI=1S/C13H21BrN2/c1-4-5-6-7-10(2)15-13-9-8-12(14)11(3)16-13/h8-10H,4-7H2,1-3H3,(H,15,16). The third-order valence-electron chi connectivity index (χ3n) is 2.66. The number of nitrogens with one attached hydrogen (secondary N) is 1. The van der Waals surface area contributed by atoms with Crippen LogP contribution < -0.4 is 5.32 Å². The SMILES string of the molecule is CCCCCC(C)Nc1ccc(Br)c(C)n1. The fourth-order valence-electron chi connectivity index (χ4n) is 1.65. The molecule has 1 atom stereocenters. The van der Waals surface area contributed by atoms with Gasteiger partial charge < -0.3 is 5.32 Å². The van der Waals surface area contributed by atoms with E-state index in [1.165, 1.54) is 25.7 Å². The summed E-state index contributed by atoms with van der Waals surface area (Å²) in [5.74, 6) is 0.977. The Morgan fingerprint density at radius 1 is 1.38 bits per heavy atom. The highest BCUT2D eigenvalue weighted by Gasteiger charge is 2.03. The number of aromatic nitrogens is 1. The Kier molecular flexibility index (Phi) is 5.81. The molecular formula is C13H21BrN2. The molecule has 1 unspecified atom stereocenters. The lowest BCUT2D eigenvalue weighted by Gasteiger charge is -2.14. The van der Waals surface area contributed by atoms with E-state index in [1.807, 2.05) is 19.1 Å². The fourth-order valence-corrected chi connectivity index (χ4v) is 1.87. The summed E-state index contributed by atoms with van der Waals surface area (Å²) in [6.45, 7) is 6.46. The number of rotatable bonds is 6. The van der Waals surface area contributed by atoms with Crippen LogP contribution >= 0.6 is 15.9 Å². The molecule has 0 spiro atoms. The lowest BCUT2D eigenvalue weighted by atomic mass is 10.1. The van der Waals surface area contributed by atoms with Gasteiger partial charge in [0, 0.05) is 10.5 Å². The second-order valence-corrected chi connectivity index (χ2v) is 5.16. The van der Waals surface area contributed by atoms with Gasteiger partial charge in [-0.15, -0.1) is 0 Å². The van der Waals surface area contributed by atoms with E-state index in [9.17, 15) is 0 Å². The highest BCUT2D eigenvalue weighted by molar-refractivity contribution is 9.10. The van der Waals surface area contributed by atoms with Crippen molar-refractivity contribution in [2.24, 2.45) is 0 Å². The summed E-state index contributed by atoms with van der Waals surface area (Å²) in [5.41, 5.74) is 1.03. The zero-order chi connectivity index (χ0) is 12.0. The molecular weight excluding hydrogens is 264 g/mol. The van der Waals surface area contributed by atoms with E-state index in [1.54, 1.807) is 0 Å². The monoisotopic (exact) mass is 284 g/mol. The van der Waals surface area contributed by atoms with Crippen LogP contribution in [0.5, 0.6) is 0 Å². The van der Waals surface area contributed by atoms with Crippen molar-refractivity contribution in [3.8, 4) is 0 Å². The molecule has 1 N–H and O–H groups in total. The van der Waals surface area contributed by atoms with Crippen LogP contribution in [0, 0.1) is 6.92 Å². The van der Waals surface area contributed by atoms with Crippen LogP contribution in [0.25, 0.3) is 0 Å². The summed E-state index contributed by atoms with van der Waals surface area (Å²) in [6, 6.07) is 4.57. The molecule has 3 heteroatoms. The Labute approximate surface area is 107 Å². The van der Waals surface area contributed by atoms with E-state index in [4.69, 9.17) is 0 Å². The molecule has 1 heterocycles. The van der Waals surface area contributed by atoms with Gasteiger partial charge in [0.1, 0.15) is 5.82 Å². The quantitative estimate of drug-likeness (QED) is 0.776. The molecule has 1 rings (SSSR count). The molecule has 16 heavy (non-hydrogen) atoms. The Morgan fingerprint density at radius 2 is 2.12 bits per heavy atom. The minimum absolute atomic E-state index is 0.500. The largest absolute Gasteiger partial charge is 0.368 e. The molecule has 90 valence electrons. The van der Waals surface area contributed by atoms with E-state index >= 15 is 0 Å². The van der Waals surface area contributed by atoms with Gasteiger partial charge in [-0.2, -0.15) is 0 Å². The van der Waals surface area contributed by atoms with Crippen LogP contribution in [-0.2, 0) is 0 Å². The fraction of sp³-hybridized carbons (Fsp3) is 0.615. The summed E-state index contributed by atoms with van der Waals surface area (Å²) < 4.78 is 1.07. The number of halogens is 1. The van der Waals surface area contributed by atoms with Crippen molar-refractivity contribution in [2.75, 3.05) is 5.32 Å². The van der Waals surface area contributed by atoms with E-state index in [0.29, 0.717) is 6.04 Å². The van der Waals surface area contributed by atoms with Crippen LogP contribution in [0.2, 0.25) is 0 Å². The zero-order valence-corrected chi connectivity index (χ0v) is 12.0. The second-order valence-electron chi connectivity index (χ2n) is 4.30. The minimum Gasteiger partial charge on any atom is -0.368 e. The summed E-state index contributed by atoms with van der Waals surface area (Å²) in [5, 5.41) is 3.44. The van der Waals surface area contributed by atoms with Crippen LogP contribution in [0.4, 0.5) is 5.82 Å². The molecule has 0 aliphatic carbocycles. The Balaban J connectivity index is 2.43. The Bertz CT molecular complexity index is 326. The molecule has 0 aliphatic rings. The van der Waals surface area contributed by atoms with Crippen molar-refractivity contribution < 1.29 is 0 Å². The molecule has 0 saturated carbocycles. The first-order chi connectivity index (χ1) is 7.63. The van der Waals surface area contributed by atoms with Crippen LogP contribution in [0.1, 0.15) is 45.2 Å². The van der Waals surface area contributed by atoms with Gasteiger partial charge in [-0.25, -0.2) is 4.98 Å². The Morgan fingerprint density at radius 3 is 2.75 bits per heavy atom. The number of nitrogens with zero attached hydrogens (tertiary/aromatic N) is 1. The number of aryl methyl sites for hydroxylation is 1. The highest BCUT2D eigenvalue weighted by Crippen LogP contribution is 2.17. The average Bonchev–Trinajstić information content (AvgIpc) is 2.24. The topological polar surface area (TPSA) is 24.9 Å². The Hall–Kier alpha value is -0.570. The third-order valence-corrected chi connectivity index (χ3v) is 3.49.